The van der Waals surface area contributed by atoms with Crippen molar-refractivity contribution in [3.05, 3.63) is 58.9 Å². The molecule has 0 fully saturated rings. The summed E-state index contributed by atoms with van der Waals surface area (Å²) in [6, 6.07) is 10.0. The zero-order chi connectivity index (χ0) is 17.5. The number of halogens is 2. The van der Waals surface area contributed by atoms with Gasteiger partial charge in [-0.15, -0.1) is 0 Å². The van der Waals surface area contributed by atoms with Gasteiger partial charge in [0.25, 0.3) is 5.91 Å². The molecule has 126 valence electrons. The van der Waals surface area contributed by atoms with Crippen molar-refractivity contribution in [1.29, 1.82) is 0 Å². The molecule has 0 aromatic heterocycles. The number of esters is 1. The molecular weight excluding hydrogens is 337 g/mol. The van der Waals surface area contributed by atoms with Gasteiger partial charge in [0.2, 0.25) is 0 Å². The van der Waals surface area contributed by atoms with Crippen LogP contribution in [0.3, 0.4) is 0 Å². The SMILES string of the molecule is CCOC(=O)COc1cccc(NC(=O)c2ccc(F)cc2Cl)c1. The molecule has 0 heterocycles. The molecule has 0 atom stereocenters. The highest BCUT2D eigenvalue weighted by Crippen LogP contribution is 2.21. The van der Waals surface area contributed by atoms with Crippen LogP contribution in [0, 0.1) is 5.82 Å². The van der Waals surface area contributed by atoms with Crippen LogP contribution in [0.25, 0.3) is 0 Å². The first-order chi connectivity index (χ1) is 11.5. The van der Waals surface area contributed by atoms with Gasteiger partial charge in [0.15, 0.2) is 6.61 Å². The van der Waals surface area contributed by atoms with E-state index in [2.05, 4.69) is 5.32 Å². The third-order valence-electron chi connectivity index (χ3n) is 2.93. The molecular formula is C17H15ClFNO4. The number of rotatable bonds is 6. The molecule has 0 aliphatic heterocycles. The maximum Gasteiger partial charge on any atom is 0.344 e. The van der Waals surface area contributed by atoms with Gasteiger partial charge in [-0.25, -0.2) is 9.18 Å². The van der Waals surface area contributed by atoms with E-state index in [1.54, 1.807) is 31.2 Å². The van der Waals surface area contributed by atoms with Crippen molar-refractivity contribution in [1.82, 2.24) is 0 Å². The van der Waals surface area contributed by atoms with Crippen LogP contribution in [-0.2, 0) is 9.53 Å². The topological polar surface area (TPSA) is 64.6 Å². The van der Waals surface area contributed by atoms with E-state index < -0.39 is 17.7 Å². The van der Waals surface area contributed by atoms with Crippen LogP contribution in [0.4, 0.5) is 10.1 Å². The fraction of sp³-hybridized carbons (Fsp3) is 0.176. The highest BCUT2D eigenvalue weighted by Gasteiger charge is 2.12. The minimum Gasteiger partial charge on any atom is -0.482 e. The Morgan fingerprint density at radius 3 is 2.71 bits per heavy atom. The number of anilines is 1. The van der Waals surface area contributed by atoms with Gasteiger partial charge in [-0.2, -0.15) is 0 Å². The molecule has 7 heteroatoms. The van der Waals surface area contributed by atoms with Gasteiger partial charge in [0.1, 0.15) is 11.6 Å². The lowest BCUT2D eigenvalue weighted by molar-refractivity contribution is -0.145. The zero-order valence-electron chi connectivity index (χ0n) is 12.8. The Kier molecular flexibility index (Phi) is 6.14. The van der Waals surface area contributed by atoms with E-state index in [-0.39, 0.29) is 23.8 Å². The van der Waals surface area contributed by atoms with Gasteiger partial charge >= 0.3 is 5.97 Å². The highest BCUT2D eigenvalue weighted by molar-refractivity contribution is 6.34. The number of amides is 1. The van der Waals surface area contributed by atoms with Gasteiger partial charge in [0.05, 0.1) is 17.2 Å². The molecule has 1 N–H and O–H groups in total. The summed E-state index contributed by atoms with van der Waals surface area (Å²) in [5.41, 5.74) is 0.595. The van der Waals surface area contributed by atoms with E-state index in [0.717, 1.165) is 12.1 Å². The Morgan fingerprint density at radius 1 is 1.21 bits per heavy atom. The van der Waals surface area contributed by atoms with Crippen molar-refractivity contribution < 1.29 is 23.5 Å². The molecule has 1 amide bonds. The van der Waals surface area contributed by atoms with Gasteiger partial charge < -0.3 is 14.8 Å². The van der Waals surface area contributed by atoms with Gasteiger partial charge in [-0.3, -0.25) is 4.79 Å². The number of carbonyl (C=O) groups excluding carboxylic acids is 2. The number of benzene rings is 2. The quantitative estimate of drug-likeness (QED) is 0.806. The summed E-state index contributed by atoms with van der Waals surface area (Å²) >= 11 is 5.86. The van der Waals surface area contributed by atoms with Crippen molar-refractivity contribution in [2.45, 2.75) is 6.92 Å². The van der Waals surface area contributed by atoms with Crippen LogP contribution in [0.15, 0.2) is 42.5 Å². The molecule has 0 saturated heterocycles. The largest absolute Gasteiger partial charge is 0.482 e. The molecule has 0 radical (unpaired) electrons. The normalized spacial score (nSPS) is 10.1. The first-order valence-corrected chi connectivity index (χ1v) is 7.52. The predicted octanol–water partition coefficient (Wildman–Crippen LogP) is 3.67. The second-order valence-corrected chi connectivity index (χ2v) is 5.11. The van der Waals surface area contributed by atoms with Crippen LogP contribution < -0.4 is 10.1 Å². The van der Waals surface area contributed by atoms with Crippen molar-refractivity contribution in [3.8, 4) is 5.75 Å². The van der Waals surface area contributed by atoms with Crippen LogP contribution in [0.1, 0.15) is 17.3 Å². The van der Waals surface area contributed by atoms with E-state index >= 15 is 0 Å². The Bertz CT molecular complexity index is 751. The Labute approximate surface area is 143 Å². The maximum atomic E-state index is 13.0. The van der Waals surface area contributed by atoms with Crippen molar-refractivity contribution in [2.24, 2.45) is 0 Å². The first-order valence-electron chi connectivity index (χ1n) is 7.14. The monoisotopic (exact) mass is 351 g/mol. The third-order valence-corrected chi connectivity index (χ3v) is 3.24. The molecule has 2 aromatic carbocycles. The van der Waals surface area contributed by atoms with E-state index in [4.69, 9.17) is 21.1 Å². The predicted molar refractivity (Wildman–Crippen MR) is 87.9 cm³/mol. The molecule has 24 heavy (non-hydrogen) atoms. The van der Waals surface area contributed by atoms with E-state index in [1.165, 1.54) is 6.07 Å². The molecule has 5 nitrogen and oxygen atoms in total. The minimum absolute atomic E-state index is 0.0159. The van der Waals surface area contributed by atoms with Crippen molar-refractivity contribution >= 4 is 29.2 Å². The number of hydrogen-bond donors (Lipinski definition) is 1. The highest BCUT2D eigenvalue weighted by atomic mass is 35.5. The lowest BCUT2D eigenvalue weighted by atomic mass is 10.2. The van der Waals surface area contributed by atoms with Gasteiger partial charge in [-0.1, -0.05) is 17.7 Å². The molecule has 2 rings (SSSR count). The summed E-state index contributed by atoms with van der Waals surface area (Å²) in [6.07, 6.45) is 0. The summed E-state index contributed by atoms with van der Waals surface area (Å²) < 4.78 is 23.1. The first kappa shape index (κ1) is 17.7. The minimum atomic E-state index is -0.522. The molecule has 2 aromatic rings. The second-order valence-electron chi connectivity index (χ2n) is 4.70. The summed E-state index contributed by atoms with van der Waals surface area (Å²) in [6.45, 7) is 1.75. The molecule has 0 unspecified atom stereocenters. The Balaban J connectivity index is 2.03. The zero-order valence-corrected chi connectivity index (χ0v) is 13.6. The maximum absolute atomic E-state index is 13.0. The molecule has 0 aliphatic carbocycles. The summed E-state index contributed by atoms with van der Waals surface area (Å²) in [4.78, 5) is 23.4. The standard InChI is InChI=1S/C17H15ClFNO4/c1-2-23-16(21)10-24-13-5-3-4-12(9-13)20-17(22)14-7-6-11(19)8-15(14)18/h3-9H,2,10H2,1H3,(H,20,22). The number of hydrogen-bond acceptors (Lipinski definition) is 4. The third kappa shape index (κ3) is 4.96. The van der Waals surface area contributed by atoms with Crippen molar-refractivity contribution in [2.75, 3.05) is 18.5 Å². The second kappa shape index (κ2) is 8.31. The summed E-state index contributed by atoms with van der Waals surface area (Å²) in [7, 11) is 0. The smallest absolute Gasteiger partial charge is 0.344 e. The Morgan fingerprint density at radius 2 is 2.00 bits per heavy atom. The average molecular weight is 352 g/mol. The van der Waals surface area contributed by atoms with Gasteiger partial charge in [0, 0.05) is 11.8 Å². The summed E-state index contributed by atoms with van der Waals surface area (Å²) in [5.74, 6) is -1.09. The average Bonchev–Trinajstić information content (AvgIpc) is 2.53. The van der Waals surface area contributed by atoms with Crippen LogP contribution in [0.2, 0.25) is 5.02 Å². The van der Waals surface area contributed by atoms with Crippen LogP contribution in [0.5, 0.6) is 5.75 Å². The molecule has 0 bridgehead atoms. The van der Waals surface area contributed by atoms with Crippen LogP contribution >= 0.6 is 11.6 Å². The summed E-state index contributed by atoms with van der Waals surface area (Å²) in [5, 5.41) is 2.65. The number of carbonyl (C=O) groups is 2. The Hall–Kier alpha value is -2.60. The fourth-order valence-corrected chi connectivity index (χ4v) is 2.13. The number of nitrogens with one attached hydrogen (secondary N) is 1. The fourth-order valence-electron chi connectivity index (χ4n) is 1.88. The van der Waals surface area contributed by atoms with Crippen LogP contribution in [-0.4, -0.2) is 25.1 Å². The lowest BCUT2D eigenvalue weighted by Crippen LogP contribution is -2.15. The van der Waals surface area contributed by atoms with E-state index in [1.807, 2.05) is 0 Å². The van der Waals surface area contributed by atoms with Gasteiger partial charge in [-0.05, 0) is 37.3 Å². The number of ether oxygens (including phenoxy) is 2. The molecule has 0 saturated carbocycles. The molecule has 0 spiro atoms. The van der Waals surface area contributed by atoms with Crippen molar-refractivity contribution in [3.63, 3.8) is 0 Å². The molecule has 0 aliphatic rings. The lowest BCUT2D eigenvalue weighted by Gasteiger charge is -2.09. The van der Waals surface area contributed by atoms with E-state index in [0.29, 0.717) is 11.4 Å². The van der Waals surface area contributed by atoms with E-state index in [9.17, 15) is 14.0 Å².